The van der Waals surface area contributed by atoms with Crippen molar-refractivity contribution in [2.24, 2.45) is 11.8 Å². The van der Waals surface area contributed by atoms with Gasteiger partial charge in [-0.3, -0.25) is 19.2 Å². The van der Waals surface area contributed by atoms with Crippen LogP contribution in [0.4, 0.5) is 0 Å². The van der Waals surface area contributed by atoms with E-state index in [1.807, 2.05) is 56.3 Å². The van der Waals surface area contributed by atoms with Crippen LogP contribution in [-0.2, 0) is 28.7 Å². The number of carbonyl (C=O) groups excluding carboxylic acids is 4. The molecular formula is C32H41N3O7. The molecule has 10 nitrogen and oxygen atoms in total. The molecule has 7 atom stereocenters. The Bertz CT molecular complexity index is 1230. The number of allylic oxidation sites excluding steroid dienone is 1. The van der Waals surface area contributed by atoms with Crippen molar-refractivity contribution >= 4 is 23.7 Å². The summed E-state index contributed by atoms with van der Waals surface area (Å²) >= 11 is 0. The van der Waals surface area contributed by atoms with Gasteiger partial charge in [-0.05, 0) is 24.8 Å². The second kappa shape index (κ2) is 12.8. The number of nitrogens with one attached hydrogen (secondary N) is 1. The van der Waals surface area contributed by atoms with Gasteiger partial charge in [-0.15, -0.1) is 0 Å². The molecule has 5 rings (SSSR count). The van der Waals surface area contributed by atoms with E-state index in [1.165, 1.54) is 4.90 Å². The molecule has 2 N–H and O–H groups in total. The highest BCUT2D eigenvalue weighted by Crippen LogP contribution is 2.56. The fourth-order valence-corrected chi connectivity index (χ4v) is 6.72. The average Bonchev–Trinajstić information content (AvgIpc) is 3.64. The summed E-state index contributed by atoms with van der Waals surface area (Å²) in [4.78, 5) is 58.4. The first-order valence-electron chi connectivity index (χ1n) is 15.1. The third-order valence-corrected chi connectivity index (χ3v) is 8.93. The van der Waals surface area contributed by atoms with E-state index < -0.39 is 47.7 Å². The third-order valence-electron chi connectivity index (χ3n) is 8.93. The van der Waals surface area contributed by atoms with Crippen LogP contribution in [0.1, 0.15) is 57.6 Å². The highest BCUT2D eigenvalue weighted by Gasteiger charge is 2.74. The fraction of sp³-hybridized carbons (Fsp3) is 0.562. The van der Waals surface area contributed by atoms with Crippen LogP contribution in [0.3, 0.4) is 0 Å². The van der Waals surface area contributed by atoms with Gasteiger partial charge >= 0.3 is 5.97 Å². The summed E-state index contributed by atoms with van der Waals surface area (Å²) in [6.45, 7) is 4.45. The monoisotopic (exact) mass is 579 g/mol. The minimum Gasteiger partial charge on any atom is -0.455 e. The number of esters is 1. The summed E-state index contributed by atoms with van der Waals surface area (Å²) in [6.07, 6.45) is 8.59. The minimum atomic E-state index is -1.34. The van der Waals surface area contributed by atoms with Crippen molar-refractivity contribution < 1.29 is 33.8 Å². The van der Waals surface area contributed by atoms with Crippen molar-refractivity contribution in [1.82, 2.24) is 15.1 Å². The van der Waals surface area contributed by atoms with Crippen LogP contribution in [0.15, 0.2) is 54.6 Å². The number of ether oxygens (including phenoxy) is 2. The molecule has 10 heteroatoms. The Morgan fingerprint density at radius 2 is 1.88 bits per heavy atom. The number of aliphatic hydroxyl groups is 1. The Morgan fingerprint density at radius 3 is 2.60 bits per heavy atom. The van der Waals surface area contributed by atoms with Gasteiger partial charge in [-0.2, -0.15) is 0 Å². The first-order valence-corrected chi connectivity index (χ1v) is 15.1. The summed E-state index contributed by atoms with van der Waals surface area (Å²) in [6, 6.07) is 7.52. The molecule has 2 fully saturated rings. The predicted molar refractivity (Wildman–Crippen MR) is 154 cm³/mol. The van der Waals surface area contributed by atoms with Gasteiger partial charge in [0.05, 0.1) is 31.2 Å². The number of hydrogen-bond donors (Lipinski definition) is 2. The summed E-state index contributed by atoms with van der Waals surface area (Å²) < 4.78 is 12.5. The summed E-state index contributed by atoms with van der Waals surface area (Å²) in [5.74, 6) is -3.41. The molecule has 4 heterocycles. The number of aliphatic hydroxyl groups excluding tert-OH is 1. The molecule has 226 valence electrons. The van der Waals surface area contributed by atoms with Crippen LogP contribution in [0.5, 0.6) is 0 Å². The van der Waals surface area contributed by atoms with E-state index >= 15 is 0 Å². The lowest BCUT2D eigenvalue weighted by Crippen LogP contribution is -2.58. The molecule has 42 heavy (non-hydrogen) atoms. The number of nitrogens with zero attached hydrogens (tertiary/aromatic N) is 2. The van der Waals surface area contributed by atoms with Gasteiger partial charge in [0.15, 0.2) is 0 Å². The smallest absolute Gasteiger partial charge is 0.313 e. The normalized spacial score (nSPS) is 33.0. The first-order chi connectivity index (χ1) is 20.4. The topological polar surface area (TPSA) is 125 Å². The Labute approximate surface area is 246 Å². The number of hydrogen-bond acceptors (Lipinski definition) is 7. The fourth-order valence-electron chi connectivity index (χ4n) is 6.72. The van der Waals surface area contributed by atoms with Crippen LogP contribution in [0.25, 0.3) is 0 Å². The van der Waals surface area contributed by atoms with E-state index in [1.54, 1.807) is 17.1 Å². The summed E-state index contributed by atoms with van der Waals surface area (Å²) in [5.41, 5.74) is -0.632. The molecule has 3 amide bonds. The second-order valence-corrected chi connectivity index (χ2v) is 11.5. The molecule has 0 saturated carbocycles. The molecule has 1 spiro atoms. The van der Waals surface area contributed by atoms with Crippen molar-refractivity contribution in [2.45, 2.75) is 75.8 Å². The van der Waals surface area contributed by atoms with Gasteiger partial charge in [0.2, 0.25) is 17.7 Å². The standard InChI is InChI=1S/C32H41N3O7/c1-3-5-17-34-18-11-7-10-14-25(37)33-19-24(21-12-8-6-9-13-21)41-31(40)26-23-15-16-32(42-23)27(26)29(38)35(22(4-2)20-36)28(32)30(34)39/h6-9,11-13,15-16,22-24,26-28,36H,3-5,10,14,17-20H2,1-2H3,(H,33,37)/b11-7-/t22-,23+,24+,26-,27-,28+,32-/m0/s1. The highest BCUT2D eigenvalue weighted by atomic mass is 16.6. The lowest BCUT2D eigenvalue weighted by atomic mass is 9.74. The van der Waals surface area contributed by atoms with Crippen LogP contribution in [0, 0.1) is 11.8 Å². The van der Waals surface area contributed by atoms with Gasteiger partial charge in [-0.1, -0.05) is 74.9 Å². The molecular weight excluding hydrogens is 538 g/mol. The van der Waals surface area contributed by atoms with Gasteiger partial charge < -0.3 is 29.7 Å². The van der Waals surface area contributed by atoms with E-state index in [4.69, 9.17) is 9.47 Å². The lowest BCUT2D eigenvalue weighted by molar-refractivity contribution is -0.160. The molecule has 0 aromatic heterocycles. The Morgan fingerprint density at radius 1 is 1.10 bits per heavy atom. The maximum atomic E-state index is 14.4. The number of cyclic esters (lactones) is 1. The molecule has 2 saturated heterocycles. The summed E-state index contributed by atoms with van der Waals surface area (Å²) in [5, 5.41) is 13.2. The number of unbranched alkanes of at least 4 members (excludes halogenated alkanes) is 1. The van der Waals surface area contributed by atoms with E-state index in [0.717, 1.165) is 12.8 Å². The molecule has 4 aliphatic rings. The molecule has 0 unspecified atom stereocenters. The maximum Gasteiger partial charge on any atom is 0.313 e. The quantitative estimate of drug-likeness (QED) is 0.375. The van der Waals surface area contributed by atoms with E-state index in [9.17, 15) is 24.3 Å². The number of benzene rings is 1. The Hall–Kier alpha value is -3.50. The Balaban J connectivity index is 1.57. The van der Waals surface area contributed by atoms with Crippen molar-refractivity contribution in [3.63, 3.8) is 0 Å². The molecule has 0 aliphatic carbocycles. The summed E-state index contributed by atoms with van der Waals surface area (Å²) in [7, 11) is 0. The Kier molecular flexibility index (Phi) is 9.13. The van der Waals surface area contributed by atoms with Crippen molar-refractivity contribution in [2.75, 3.05) is 26.2 Å². The predicted octanol–water partition coefficient (Wildman–Crippen LogP) is 2.29. The second-order valence-electron chi connectivity index (χ2n) is 11.5. The van der Waals surface area contributed by atoms with Crippen molar-refractivity contribution in [3.05, 3.63) is 60.2 Å². The van der Waals surface area contributed by atoms with Gasteiger partial charge in [-0.25, -0.2) is 0 Å². The third kappa shape index (κ3) is 5.38. The van der Waals surface area contributed by atoms with Crippen LogP contribution in [0.2, 0.25) is 0 Å². The van der Waals surface area contributed by atoms with Gasteiger partial charge in [0.25, 0.3) is 0 Å². The number of likely N-dealkylation sites (tertiary alicyclic amines) is 1. The van der Waals surface area contributed by atoms with Gasteiger partial charge in [0, 0.05) is 19.5 Å². The minimum absolute atomic E-state index is 0.0800. The van der Waals surface area contributed by atoms with Crippen LogP contribution in [-0.4, -0.2) is 88.6 Å². The van der Waals surface area contributed by atoms with Gasteiger partial charge in [0.1, 0.15) is 23.7 Å². The molecule has 5 bridgehead atoms. The van der Waals surface area contributed by atoms with E-state index in [2.05, 4.69) is 5.32 Å². The molecule has 1 aromatic rings. The van der Waals surface area contributed by atoms with E-state index in [-0.39, 0.29) is 37.3 Å². The van der Waals surface area contributed by atoms with Crippen LogP contribution >= 0.6 is 0 Å². The first kappa shape index (κ1) is 30.0. The largest absolute Gasteiger partial charge is 0.455 e. The molecule has 0 radical (unpaired) electrons. The van der Waals surface area contributed by atoms with Crippen LogP contribution < -0.4 is 5.32 Å². The van der Waals surface area contributed by atoms with Crippen molar-refractivity contribution in [3.8, 4) is 0 Å². The highest BCUT2D eigenvalue weighted by molar-refractivity contribution is 5.99. The lowest BCUT2D eigenvalue weighted by Gasteiger charge is -2.38. The number of amides is 3. The number of fused-ring (bicyclic) bond motifs is 2. The zero-order valence-electron chi connectivity index (χ0n) is 24.3. The average molecular weight is 580 g/mol. The zero-order chi connectivity index (χ0) is 29.9. The maximum absolute atomic E-state index is 14.4. The molecule has 1 aromatic carbocycles. The number of carbonyl (C=O) groups is 4. The zero-order valence-corrected chi connectivity index (χ0v) is 24.3. The number of rotatable bonds is 7. The SMILES string of the molecule is CCCCN1C/C=C\CCC(=O)NC[C@H](c2ccccc2)OC(=O)[C@@H]2[C@H]3C(=O)N([C@@H](CC)CO)[C@H](C1=O)[C@]31C=C[C@H]2O1. The molecule has 4 aliphatic heterocycles. The van der Waals surface area contributed by atoms with Crippen molar-refractivity contribution in [1.29, 1.82) is 0 Å². The van der Waals surface area contributed by atoms with E-state index in [0.29, 0.717) is 31.5 Å².